The molecule has 1 aromatic carbocycles. The molecule has 0 heterocycles. The number of hydrogen-bond donors (Lipinski definition) is 2. The van der Waals surface area contributed by atoms with E-state index < -0.39 is 11.9 Å². The van der Waals surface area contributed by atoms with Crippen molar-refractivity contribution in [3.05, 3.63) is 40.8 Å². The summed E-state index contributed by atoms with van der Waals surface area (Å²) in [6.07, 6.45) is 0.296. The number of azide groups is 1. The number of nitrogens with zero attached hydrogens (tertiary/aromatic N) is 3. The summed E-state index contributed by atoms with van der Waals surface area (Å²) in [7, 11) is 1.51. The highest BCUT2D eigenvalue weighted by atomic mass is 16.2. The van der Waals surface area contributed by atoms with E-state index in [-0.39, 0.29) is 18.7 Å². The van der Waals surface area contributed by atoms with E-state index in [1.54, 1.807) is 24.3 Å². The summed E-state index contributed by atoms with van der Waals surface area (Å²) >= 11 is 0. The largest absolute Gasteiger partial charge is 0.359 e. The van der Waals surface area contributed by atoms with Crippen molar-refractivity contribution in [1.82, 2.24) is 5.32 Å². The van der Waals surface area contributed by atoms with Crippen molar-refractivity contribution in [1.29, 1.82) is 0 Å². The van der Waals surface area contributed by atoms with Gasteiger partial charge in [-0.2, -0.15) is 0 Å². The van der Waals surface area contributed by atoms with Crippen LogP contribution in [0.25, 0.3) is 10.4 Å². The van der Waals surface area contributed by atoms with Gasteiger partial charge in [0.05, 0.1) is 0 Å². The third-order valence-electron chi connectivity index (χ3n) is 2.46. The molecule has 7 nitrogen and oxygen atoms in total. The number of carbonyl (C=O) groups excluding carboxylic acids is 2. The Labute approximate surface area is 110 Å². The van der Waals surface area contributed by atoms with Gasteiger partial charge >= 0.3 is 0 Å². The predicted molar refractivity (Wildman–Crippen MR) is 71.3 cm³/mol. The molecule has 0 saturated carbocycles. The number of nitrogens with one attached hydrogen (secondary N) is 2. The Balaban J connectivity index is 2.63. The molecule has 7 heteroatoms. The highest BCUT2D eigenvalue weighted by molar-refractivity contribution is 5.95. The first-order valence-corrected chi connectivity index (χ1v) is 5.78. The van der Waals surface area contributed by atoms with E-state index in [1.807, 2.05) is 6.07 Å². The number of anilines is 1. The fraction of sp³-hybridized carbons (Fsp3) is 0.333. The molecule has 0 aliphatic carbocycles. The van der Waals surface area contributed by atoms with E-state index in [2.05, 4.69) is 20.7 Å². The Morgan fingerprint density at radius 2 is 2.05 bits per heavy atom. The van der Waals surface area contributed by atoms with Crippen LogP contribution in [0.15, 0.2) is 35.4 Å². The third kappa shape index (κ3) is 5.10. The van der Waals surface area contributed by atoms with Gasteiger partial charge in [0.25, 0.3) is 0 Å². The van der Waals surface area contributed by atoms with Crippen molar-refractivity contribution in [3.63, 3.8) is 0 Å². The van der Waals surface area contributed by atoms with E-state index in [9.17, 15) is 9.59 Å². The minimum Gasteiger partial charge on any atom is -0.359 e. The van der Waals surface area contributed by atoms with Gasteiger partial charge < -0.3 is 10.6 Å². The van der Waals surface area contributed by atoms with Crippen LogP contribution in [0.2, 0.25) is 0 Å². The quantitative estimate of drug-likeness (QED) is 0.463. The first-order valence-electron chi connectivity index (χ1n) is 5.78. The van der Waals surface area contributed by atoms with Crippen molar-refractivity contribution in [3.8, 4) is 0 Å². The summed E-state index contributed by atoms with van der Waals surface area (Å²) in [4.78, 5) is 25.7. The fourth-order valence-electron chi connectivity index (χ4n) is 1.44. The van der Waals surface area contributed by atoms with Gasteiger partial charge in [-0.15, -0.1) is 0 Å². The number of rotatable bonds is 6. The smallest absolute Gasteiger partial charge is 0.233 e. The number of hydrogen-bond acceptors (Lipinski definition) is 3. The van der Waals surface area contributed by atoms with Crippen LogP contribution in [0.1, 0.15) is 12.8 Å². The monoisotopic (exact) mass is 261 g/mol. The molecule has 0 spiro atoms. The molecular formula is C12H15N5O2. The van der Waals surface area contributed by atoms with Gasteiger partial charge in [0.15, 0.2) is 0 Å². The molecule has 1 rings (SSSR count). The second-order valence-electron chi connectivity index (χ2n) is 3.79. The van der Waals surface area contributed by atoms with Gasteiger partial charge in [0.2, 0.25) is 11.8 Å². The molecule has 19 heavy (non-hydrogen) atoms. The van der Waals surface area contributed by atoms with Crippen LogP contribution in [0, 0.1) is 0 Å². The van der Waals surface area contributed by atoms with E-state index >= 15 is 0 Å². The molecular weight excluding hydrogens is 246 g/mol. The molecule has 0 radical (unpaired) electrons. The number of carbonyl (C=O) groups is 2. The first-order chi connectivity index (χ1) is 9.17. The molecule has 2 N–H and O–H groups in total. The zero-order chi connectivity index (χ0) is 14.1. The number of para-hydroxylation sites is 1. The maximum Gasteiger partial charge on any atom is 0.233 e. The van der Waals surface area contributed by atoms with Crippen molar-refractivity contribution in [2.24, 2.45) is 5.11 Å². The summed E-state index contributed by atoms with van der Waals surface area (Å²) in [6.45, 7) is 0. The summed E-state index contributed by atoms with van der Waals surface area (Å²) < 4.78 is 0. The van der Waals surface area contributed by atoms with Crippen LogP contribution in [0.4, 0.5) is 5.69 Å². The Kier molecular flexibility index (Phi) is 5.91. The Hall–Kier alpha value is -2.53. The lowest BCUT2D eigenvalue weighted by Gasteiger charge is -2.11. The van der Waals surface area contributed by atoms with Crippen LogP contribution >= 0.6 is 0 Å². The fourth-order valence-corrected chi connectivity index (χ4v) is 1.44. The van der Waals surface area contributed by atoms with Crippen LogP contribution in [0.3, 0.4) is 0 Å². The zero-order valence-electron chi connectivity index (χ0n) is 10.5. The van der Waals surface area contributed by atoms with E-state index in [4.69, 9.17) is 5.53 Å². The minimum absolute atomic E-state index is 0.127. The summed E-state index contributed by atoms with van der Waals surface area (Å²) in [6, 6.07) is 7.94. The van der Waals surface area contributed by atoms with Gasteiger partial charge in [-0.3, -0.25) is 9.59 Å². The SMILES string of the molecule is CNC(=O)CCC(N=[N+]=[N-])C(=O)Nc1ccccc1. The summed E-state index contributed by atoms with van der Waals surface area (Å²) in [5.74, 6) is -0.626. The molecule has 0 aliphatic rings. The summed E-state index contributed by atoms with van der Waals surface area (Å²) in [5.41, 5.74) is 9.07. The van der Waals surface area contributed by atoms with E-state index in [0.717, 1.165) is 0 Å². The highest BCUT2D eigenvalue weighted by Gasteiger charge is 2.18. The topological polar surface area (TPSA) is 107 Å². The molecule has 0 aliphatic heterocycles. The zero-order valence-corrected chi connectivity index (χ0v) is 10.5. The highest BCUT2D eigenvalue weighted by Crippen LogP contribution is 2.09. The van der Waals surface area contributed by atoms with Gasteiger partial charge in [0.1, 0.15) is 6.04 Å². The van der Waals surface area contributed by atoms with Gasteiger partial charge in [-0.25, -0.2) is 0 Å². The molecule has 0 fully saturated rings. The normalized spacial score (nSPS) is 11.0. The van der Waals surface area contributed by atoms with Crippen LogP contribution in [-0.2, 0) is 9.59 Å². The Morgan fingerprint density at radius 3 is 2.63 bits per heavy atom. The number of amides is 2. The second kappa shape index (κ2) is 7.73. The summed E-state index contributed by atoms with van der Waals surface area (Å²) in [5, 5.41) is 8.49. The van der Waals surface area contributed by atoms with Crippen LogP contribution in [0.5, 0.6) is 0 Å². The van der Waals surface area contributed by atoms with Crippen molar-refractivity contribution < 1.29 is 9.59 Å². The standard InChI is InChI=1S/C12H15N5O2/c1-14-11(18)8-7-10(16-17-13)12(19)15-9-5-3-2-4-6-9/h2-6,10H,7-8H2,1H3,(H,14,18)(H,15,19). The lowest BCUT2D eigenvalue weighted by molar-refractivity contribution is -0.121. The Bertz CT molecular complexity index is 482. The minimum atomic E-state index is -0.900. The first kappa shape index (κ1) is 14.5. The molecule has 100 valence electrons. The van der Waals surface area contributed by atoms with E-state index in [0.29, 0.717) is 5.69 Å². The average Bonchev–Trinajstić information content (AvgIpc) is 2.44. The molecule has 1 aromatic rings. The molecule has 0 bridgehead atoms. The molecule has 1 unspecified atom stereocenters. The van der Waals surface area contributed by atoms with Crippen molar-refractivity contribution in [2.75, 3.05) is 12.4 Å². The maximum atomic E-state index is 11.9. The molecule has 2 amide bonds. The van der Waals surface area contributed by atoms with Crippen molar-refractivity contribution in [2.45, 2.75) is 18.9 Å². The van der Waals surface area contributed by atoms with Gasteiger partial charge in [-0.05, 0) is 24.1 Å². The molecule has 0 saturated heterocycles. The predicted octanol–water partition coefficient (Wildman–Crippen LogP) is 1.83. The Morgan fingerprint density at radius 1 is 1.37 bits per heavy atom. The molecule has 1 atom stereocenters. The lowest BCUT2D eigenvalue weighted by atomic mass is 10.1. The average molecular weight is 261 g/mol. The molecule has 0 aromatic heterocycles. The van der Waals surface area contributed by atoms with Crippen molar-refractivity contribution >= 4 is 17.5 Å². The van der Waals surface area contributed by atoms with Gasteiger partial charge in [0, 0.05) is 24.1 Å². The second-order valence-corrected chi connectivity index (χ2v) is 3.79. The number of benzene rings is 1. The van der Waals surface area contributed by atoms with Crippen LogP contribution in [-0.4, -0.2) is 24.9 Å². The lowest BCUT2D eigenvalue weighted by Crippen LogP contribution is -2.28. The van der Waals surface area contributed by atoms with E-state index in [1.165, 1.54) is 7.05 Å². The van der Waals surface area contributed by atoms with Crippen LogP contribution < -0.4 is 10.6 Å². The maximum absolute atomic E-state index is 11.9. The van der Waals surface area contributed by atoms with Gasteiger partial charge in [-0.1, -0.05) is 23.3 Å². The third-order valence-corrected chi connectivity index (χ3v) is 2.46.